The van der Waals surface area contributed by atoms with Crippen LogP contribution in [0.5, 0.6) is 0 Å². The Morgan fingerprint density at radius 3 is 2.82 bits per heavy atom. The van der Waals surface area contributed by atoms with Crippen LogP contribution < -0.4 is 4.90 Å². The van der Waals surface area contributed by atoms with E-state index in [4.69, 9.17) is 4.74 Å². The number of ether oxygens (including phenoxy) is 1. The highest BCUT2D eigenvalue weighted by Gasteiger charge is 2.34. The first-order chi connectivity index (χ1) is 8.05. The van der Waals surface area contributed by atoms with Crippen LogP contribution in [0.3, 0.4) is 0 Å². The number of aryl methyl sites for hydroxylation is 1. The number of aromatic nitrogens is 2. The molecule has 1 atom stereocenters. The molecule has 1 aromatic rings. The zero-order valence-corrected chi connectivity index (χ0v) is 11.9. The van der Waals surface area contributed by atoms with Gasteiger partial charge in [0.2, 0.25) is 5.13 Å². The Hall–Kier alpha value is -0.680. The van der Waals surface area contributed by atoms with Gasteiger partial charge in [-0.15, -0.1) is 0 Å². The molecule has 1 aromatic heterocycles. The van der Waals surface area contributed by atoms with Gasteiger partial charge in [0.25, 0.3) is 0 Å². The van der Waals surface area contributed by atoms with E-state index in [9.17, 15) is 0 Å². The molecule has 2 heterocycles. The Bertz CT molecular complexity index is 378. The van der Waals surface area contributed by atoms with Gasteiger partial charge in [-0.2, -0.15) is 4.37 Å². The lowest BCUT2D eigenvalue weighted by Gasteiger charge is -2.43. The minimum absolute atomic E-state index is 0.0935. The molecule has 1 saturated heterocycles. The maximum atomic E-state index is 5.87. The average molecular weight is 255 g/mol. The molecule has 0 amide bonds. The predicted octanol–water partition coefficient (Wildman–Crippen LogP) is 2.49. The molecule has 0 unspecified atom stereocenters. The van der Waals surface area contributed by atoms with E-state index in [1.807, 2.05) is 0 Å². The van der Waals surface area contributed by atoms with Gasteiger partial charge < -0.3 is 9.64 Å². The van der Waals surface area contributed by atoms with Crippen LogP contribution in [0.4, 0.5) is 5.13 Å². The molecule has 0 N–H and O–H groups in total. The molecule has 0 aromatic carbocycles. The summed E-state index contributed by atoms with van der Waals surface area (Å²) in [6.45, 7) is 10.2. The van der Waals surface area contributed by atoms with Crippen LogP contribution in [0.25, 0.3) is 0 Å². The highest BCUT2D eigenvalue weighted by Crippen LogP contribution is 2.29. The molecule has 5 heteroatoms. The van der Waals surface area contributed by atoms with Crippen molar-refractivity contribution >= 4 is 16.7 Å². The van der Waals surface area contributed by atoms with Crippen molar-refractivity contribution in [2.24, 2.45) is 0 Å². The monoisotopic (exact) mass is 255 g/mol. The molecule has 2 rings (SSSR count). The smallest absolute Gasteiger partial charge is 0.205 e. The van der Waals surface area contributed by atoms with Crippen molar-refractivity contribution in [3.63, 3.8) is 0 Å². The molecule has 0 saturated carbocycles. The fourth-order valence-electron chi connectivity index (χ4n) is 2.06. The number of hydrogen-bond acceptors (Lipinski definition) is 5. The molecule has 4 nitrogen and oxygen atoms in total. The van der Waals surface area contributed by atoms with Crippen molar-refractivity contribution in [1.82, 2.24) is 9.36 Å². The summed E-state index contributed by atoms with van der Waals surface area (Å²) in [4.78, 5) is 6.96. The second kappa shape index (κ2) is 4.90. The number of anilines is 1. The summed E-state index contributed by atoms with van der Waals surface area (Å²) < 4.78 is 10.2. The summed E-state index contributed by atoms with van der Waals surface area (Å²) >= 11 is 1.51. The fourth-order valence-corrected chi connectivity index (χ4v) is 2.89. The van der Waals surface area contributed by atoms with Gasteiger partial charge in [-0.3, -0.25) is 0 Å². The van der Waals surface area contributed by atoms with Crippen LogP contribution in [-0.4, -0.2) is 34.2 Å². The van der Waals surface area contributed by atoms with Crippen LogP contribution in [0, 0.1) is 0 Å². The van der Waals surface area contributed by atoms with Crippen molar-refractivity contribution in [2.75, 3.05) is 18.1 Å². The zero-order chi connectivity index (χ0) is 12.5. The van der Waals surface area contributed by atoms with E-state index < -0.39 is 0 Å². The van der Waals surface area contributed by atoms with Crippen LogP contribution in [0.15, 0.2) is 0 Å². The first-order valence-electron chi connectivity index (χ1n) is 6.29. The van der Waals surface area contributed by atoms with E-state index in [2.05, 4.69) is 42.0 Å². The Morgan fingerprint density at radius 1 is 1.47 bits per heavy atom. The van der Waals surface area contributed by atoms with Gasteiger partial charge in [0, 0.05) is 24.5 Å². The largest absolute Gasteiger partial charge is 0.372 e. The third-order valence-electron chi connectivity index (χ3n) is 3.15. The summed E-state index contributed by atoms with van der Waals surface area (Å²) in [5.41, 5.74) is -0.0935. The Kier molecular flexibility index (Phi) is 3.68. The average Bonchev–Trinajstić information content (AvgIpc) is 2.76. The highest BCUT2D eigenvalue weighted by molar-refractivity contribution is 7.09. The number of rotatable bonds is 3. The molecule has 0 radical (unpaired) electrons. The van der Waals surface area contributed by atoms with Gasteiger partial charge in [-0.25, -0.2) is 4.98 Å². The van der Waals surface area contributed by atoms with Gasteiger partial charge >= 0.3 is 0 Å². The van der Waals surface area contributed by atoms with E-state index >= 15 is 0 Å². The first kappa shape index (κ1) is 12.8. The summed E-state index contributed by atoms with van der Waals surface area (Å²) in [5.74, 6) is 0.948. The van der Waals surface area contributed by atoms with Crippen LogP contribution in [0.1, 0.15) is 39.9 Å². The van der Waals surface area contributed by atoms with Gasteiger partial charge in [-0.1, -0.05) is 13.8 Å². The van der Waals surface area contributed by atoms with Gasteiger partial charge in [0.15, 0.2) is 0 Å². The van der Waals surface area contributed by atoms with Crippen molar-refractivity contribution in [2.45, 2.75) is 52.2 Å². The molecule has 1 aliphatic heterocycles. The molecular formula is C12H21N3OS. The minimum atomic E-state index is -0.0935. The quantitative estimate of drug-likeness (QED) is 0.832. The highest BCUT2D eigenvalue weighted by atomic mass is 32.1. The number of morpholine rings is 1. The Balaban J connectivity index is 2.20. The summed E-state index contributed by atoms with van der Waals surface area (Å²) in [5, 5.41) is 1.05. The minimum Gasteiger partial charge on any atom is -0.372 e. The van der Waals surface area contributed by atoms with Crippen LogP contribution >= 0.6 is 11.5 Å². The lowest BCUT2D eigenvalue weighted by molar-refractivity contribution is -0.0452. The van der Waals surface area contributed by atoms with E-state index in [0.29, 0.717) is 6.04 Å². The molecule has 1 aliphatic rings. The molecule has 0 bridgehead atoms. The number of nitrogens with zero attached hydrogens (tertiary/aromatic N) is 3. The summed E-state index contributed by atoms with van der Waals surface area (Å²) in [6.07, 6.45) is 1.98. The zero-order valence-electron chi connectivity index (χ0n) is 11.1. The molecule has 0 spiro atoms. The van der Waals surface area contributed by atoms with E-state index in [0.717, 1.165) is 36.9 Å². The van der Waals surface area contributed by atoms with E-state index in [-0.39, 0.29) is 5.60 Å². The standard InChI is InChI=1S/C12H21N3OS/c1-5-9-7-16-12(3,4)8-15(9)11-13-10(6-2)14-17-11/h9H,5-8H2,1-4H3/t9-/m0/s1. The van der Waals surface area contributed by atoms with E-state index in [1.54, 1.807) is 0 Å². The van der Waals surface area contributed by atoms with Crippen LogP contribution in [0.2, 0.25) is 0 Å². The van der Waals surface area contributed by atoms with Gasteiger partial charge in [-0.05, 0) is 20.3 Å². The maximum absolute atomic E-state index is 5.87. The second-order valence-corrected chi connectivity index (χ2v) is 5.84. The van der Waals surface area contributed by atoms with E-state index in [1.165, 1.54) is 11.5 Å². The molecule has 1 fully saturated rings. The third-order valence-corrected chi connectivity index (χ3v) is 3.94. The molecule has 17 heavy (non-hydrogen) atoms. The first-order valence-corrected chi connectivity index (χ1v) is 7.06. The lowest BCUT2D eigenvalue weighted by atomic mass is 10.0. The maximum Gasteiger partial charge on any atom is 0.205 e. The lowest BCUT2D eigenvalue weighted by Crippen LogP contribution is -2.54. The number of hydrogen-bond donors (Lipinski definition) is 0. The van der Waals surface area contributed by atoms with Crippen molar-refractivity contribution in [3.05, 3.63) is 5.82 Å². The van der Waals surface area contributed by atoms with Gasteiger partial charge in [0.05, 0.1) is 18.2 Å². The summed E-state index contributed by atoms with van der Waals surface area (Å²) in [7, 11) is 0. The van der Waals surface area contributed by atoms with Crippen molar-refractivity contribution in [1.29, 1.82) is 0 Å². The second-order valence-electron chi connectivity index (χ2n) is 5.11. The van der Waals surface area contributed by atoms with Gasteiger partial charge in [0.1, 0.15) is 5.82 Å². The topological polar surface area (TPSA) is 38.2 Å². The molecule has 0 aliphatic carbocycles. The normalized spacial score (nSPS) is 24.0. The SMILES string of the molecule is CCc1nsc(N2CC(C)(C)OC[C@@H]2CC)n1. The Morgan fingerprint density at radius 2 is 2.24 bits per heavy atom. The molecular weight excluding hydrogens is 234 g/mol. The third kappa shape index (κ3) is 2.77. The fraction of sp³-hybridized carbons (Fsp3) is 0.833. The predicted molar refractivity (Wildman–Crippen MR) is 70.7 cm³/mol. The van der Waals surface area contributed by atoms with Crippen molar-refractivity contribution in [3.8, 4) is 0 Å². The molecule has 96 valence electrons. The summed E-state index contributed by atoms with van der Waals surface area (Å²) in [6, 6.07) is 0.431. The van der Waals surface area contributed by atoms with Crippen molar-refractivity contribution < 1.29 is 4.74 Å². The Labute approximate surface area is 107 Å². The van der Waals surface area contributed by atoms with Crippen LogP contribution in [-0.2, 0) is 11.2 Å².